The number of benzene rings is 1. The standard InChI is InChI=1S/C14H13N3O2S/c1-9-12(13(18)19)20-14(16-9)17(2)8-11-5-3-4-10(6-11)7-15/h3-6H,8H2,1-2H3,(H,18,19). The maximum atomic E-state index is 11.0. The number of hydrogen-bond acceptors (Lipinski definition) is 5. The van der Waals surface area contributed by atoms with Crippen molar-refractivity contribution in [3.05, 3.63) is 46.0 Å². The predicted octanol–water partition coefficient (Wildman–Crippen LogP) is 2.66. The molecular formula is C14H13N3O2S. The molecule has 1 heterocycles. The lowest BCUT2D eigenvalue weighted by atomic mass is 10.1. The van der Waals surface area contributed by atoms with Crippen molar-refractivity contribution >= 4 is 22.4 Å². The van der Waals surface area contributed by atoms with Crippen molar-refractivity contribution in [3.8, 4) is 6.07 Å². The first-order chi connectivity index (χ1) is 9.51. The van der Waals surface area contributed by atoms with E-state index in [9.17, 15) is 4.79 Å². The maximum absolute atomic E-state index is 11.0. The maximum Gasteiger partial charge on any atom is 0.347 e. The van der Waals surface area contributed by atoms with E-state index in [0.717, 1.165) is 16.9 Å². The van der Waals surface area contributed by atoms with E-state index in [0.29, 0.717) is 22.9 Å². The smallest absolute Gasteiger partial charge is 0.347 e. The second-order valence-electron chi connectivity index (χ2n) is 4.38. The summed E-state index contributed by atoms with van der Waals surface area (Å²) in [6, 6.07) is 9.42. The fourth-order valence-electron chi connectivity index (χ4n) is 1.82. The molecule has 0 atom stereocenters. The molecular weight excluding hydrogens is 274 g/mol. The Bertz CT molecular complexity index is 688. The summed E-state index contributed by atoms with van der Waals surface area (Å²) in [7, 11) is 1.85. The molecule has 0 aliphatic heterocycles. The molecule has 2 rings (SSSR count). The van der Waals surface area contributed by atoms with Crippen LogP contribution in [0.2, 0.25) is 0 Å². The molecule has 0 amide bonds. The lowest BCUT2D eigenvalue weighted by Gasteiger charge is -2.15. The number of carbonyl (C=O) groups is 1. The Labute approximate surface area is 120 Å². The van der Waals surface area contributed by atoms with Gasteiger partial charge in [-0.05, 0) is 24.6 Å². The number of hydrogen-bond donors (Lipinski definition) is 1. The van der Waals surface area contributed by atoms with E-state index in [2.05, 4.69) is 11.1 Å². The third-order valence-electron chi connectivity index (χ3n) is 2.78. The van der Waals surface area contributed by atoms with Gasteiger partial charge in [0, 0.05) is 13.6 Å². The van der Waals surface area contributed by atoms with Gasteiger partial charge in [-0.2, -0.15) is 5.26 Å². The second kappa shape index (κ2) is 5.72. The summed E-state index contributed by atoms with van der Waals surface area (Å²) in [4.78, 5) is 17.4. The van der Waals surface area contributed by atoms with Gasteiger partial charge in [-0.25, -0.2) is 9.78 Å². The molecule has 102 valence electrons. The molecule has 6 heteroatoms. The van der Waals surface area contributed by atoms with Crippen LogP contribution in [0.4, 0.5) is 5.13 Å². The molecule has 0 aliphatic rings. The highest BCUT2D eigenvalue weighted by molar-refractivity contribution is 7.17. The molecule has 0 saturated carbocycles. The minimum atomic E-state index is -0.953. The topological polar surface area (TPSA) is 77.2 Å². The highest BCUT2D eigenvalue weighted by Gasteiger charge is 2.16. The number of carboxylic acids is 1. The summed E-state index contributed by atoms with van der Waals surface area (Å²) in [5.41, 5.74) is 2.11. The summed E-state index contributed by atoms with van der Waals surface area (Å²) in [5.74, 6) is -0.953. The van der Waals surface area contributed by atoms with E-state index in [4.69, 9.17) is 10.4 Å². The Balaban J connectivity index is 2.19. The largest absolute Gasteiger partial charge is 0.477 e. The van der Waals surface area contributed by atoms with Crippen molar-refractivity contribution in [2.24, 2.45) is 0 Å². The van der Waals surface area contributed by atoms with Crippen molar-refractivity contribution in [1.29, 1.82) is 5.26 Å². The van der Waals surface area contributed by atoms with E-state index in [-0.39, 0.29) is 4.88 Å². The van der Waals surface area contributed by atoms with Crippen LogP contribution in [-0.4, -0.2) is 23.1 Å². The van der Waals surface area contributed by atoms with Crippen molar-refractivity contribution < 1.29 is 9.90 Å². The zero-order valence-electron chi connectivity index (χ0n) is 11.1. The van der Waals surface area contributed by atoms with Gasteiger partial charge in [0.15, 0.2) is 5.13 Å². The summed E-state index contributed by atoms with van der Waals surface area (Å²) >= 11 is 1.16. The first kappa shape index (κ1) is 14.0. The Hall–Kier alpha value is -2.39. The van der Waals surface area contributed by atoms with Crippen molar-refractivity contribution in [2.45, 2.75) is 13.5 Å². The summed E-state index contributed by atoms with van der Waals surface area (Å²) < 4.78 is 0. The van der Waals surface area contributed by atoms with Gasteiger partial charge in [-0.3, -0.25) is 0 Å². The Morgan fingerprint density at radius 1 is 1.55 bits per heavy atom. The Morgan fingerprint density at radius 2 is 2.30 bits per heavy atom. The number of rotatable bonds is 4. The predicted molar refractivity (Wildman–Crippen MR) is 77.1 cm³/mol. The molecule has 0 radical (unpaired) electrons. The van der Waals surface area contributed by atoms with Gasteiger partial charge in [-0.1, -0.05) is 23.5 Å². The zero-order valence-corrected chi connectivity index (χ0v) is 11.9. The van der Waals surface area contributed by atoms with Crippen molar-refractivity contribution in [2.75, 3.05) is 11.9 Å². The molecule has 1 N–H and O–H groups in total. The normalized spacial score (nSPS) is 10.1. The SMILES string of the molecule is Cc1nc(N(C)Cc2cccc(C#N)c2)sc1C(=O)O. The third-order valence-corrected chi connectivity index (χ3v) is 4.04. The number of anilines is 1. The highest BCUT2D eigenvalue weighted by Crippen LogP contribution is 2.26. The Morgan fingerprint density at radius 3 is 2.90 bits per heavy atom. The molecule has 1 aromatic carbocycles. The van der Waals surface area contributed by atoms with Crippen LogP contribution in [0, 0.1) is 18.3 Å². The fraction of sp³-hybridized carbons (Fsp3) is 0.214. The van der Waals surface area contributed by atoms with Crippen LogP contribution < -0.4 is 4.90 Å². The molecule has 1 aromatic heterocycles. The molecule has 5 nitrogen and oxygen atoms in total. The molecule has 0 unspecified atom stereocenters. The number of nitriles is 1. The fourth-order valence-corrected chi connectivity index (χ4v) is 2.69. The summed E-state index contributed by atoms with van der Waals surface area (Å²) in [5, 5.41) is 18.6. The average Bonchev–Trinajstić information content (AvgIpc) is 2.81. The number of nitrogens with zero attached hydrogens (tertiary/aromatic N) is 3. The lowest BCUT2D eigenvalue weighted by Crippen LogP contribution is -2.16. The summed E-state index contributed by atoms with van der Waals surface area (Å²) in [6.07, 6.45) is 0. The number of carboxylic acid groups (broad SMARTS) is 1. The van der Waals surface area contributed by atoms with Crippen LogP contribution in [0.15, 0.2) is 24.3 Å². The minimum Gasteiger partial charge on any atom is -0.477 e. The van der Waals surface area contributed by atoms with Gasteiger partial charge in [0.1, 0.15) is 4.88 Å². The molecule has 0 spiro atoms. The van der Waals surface area contributed by atoms with E-state index in [1.165, 1.54) is 0 Å². The van der Waals surface area contributed by atoms with Crippen LogP contribution in [0.3, 0.4) is 0 Å². The number of aryl methyl sites for hydroxylation is 1. The van der Waals surface area contributed by atoms with Gasteiger partial charge < -0.3 is 10.0 Å². The molecule has 0 aliphatic carbocycles. The third kappa shape index (κ3) is 2.95. The Kier molecular flexibility index (Phi) is 4.01. The van der Waals surface area contributed by atoms with Gasteiger partial charge in [0.25, 0.3) is 0 Å². The highest BCUT2D eigenvalue weighted by atomic mass is 32.1. The van der Waals surface area contributed by atoms with Gasteiger partial charge >= 0.3 is 5.97 Å². The van der Waals surface area contributed by atoms with E-state index < -0.39 is 5.97 Å². The average molecular weight is 287 g/mol. The number of aromatic carboxylic acids is 1. The molecule has 0 saturated heterocycles. The first-order valence-corrected chi connectivity index (χ1v) is 6.74. The monoisotopic (exact) mass is 287 g/mol. The first-order valence-electron chi connectivity index (χ1n) is 5.92. The van der Waals surface area contributed by atoms with Crippen LogP contribution in [0.5, 0.6) is 0 Å². The summed E-state index contributed by atoms with van der Waals surface area (Å²) in [6.45, 7) is 2.26. The second-order valence-corrected chi connectivity index (χ2v) is 5.36. The minimum absolute atomic E-state index is 0.262. The van der Waals surface area contributed by atoms with Gasteiger partial charge in [0.2, 0.25) is 0 Å². The molecule has 0 fully saturated rings. The van der Waals surface area contributed by atoms with E-state index >= 15 is 0 Å². The molecule has 0 bridgehead atoms. The van der Waals surface area contributed by atoms with Gasteiger partial charge in [0.05, 0.1) is 17.3 Å². The van der Waals surface area contributed by atoms with E-state index in [1.54, 1.807) is 13.0 Å². The van der Waals surface area contributed by atoms with Crippen molar-refractivity contribution in [1.82, 2.24) is 4.98 Å². The number of thiazole rings is 1. The lowest BCUT2D eigenvalue weighted by molar-refractivity contribution is 0.0701. The van der Waals surface area contributed by atoms with Crippen molar-refractivity contribution in [3.63, 3.8) is 0 Å². The van der Waals surface area contributed by atoms with Gasteiger partial charge in [-0.15, -0.1) is 0 Å². The molecule has 2 aromatic rings. The van der Waals surface area contributed by atoms with Crippen LogP contribution in [0.1, 0.15) is 26.5 Å². The van der Waals surface area contributed by atoms with Crippen LogP contribution >= 0.6 is 11.3 Å². The molecule has 20 heavy (non-hydrogen) atoms. The quantitative estimate of drug-likeness (QED) is 0.935. The van der Waals surface area contributed by atoms with Crippen LogP contribution in [-0.2, 0) is 6.54 Å². The van der Waals surface area contributed by atoms with E-state index in [1.807, 2.05) is 30.1 Å². The van der Waals surface area contributed by atoms with Crippen LogP contribution in [0.25, 0.3) is 0 Å². The zero-order chi connectivity index (χ0) is 14.7. The number of aromatic nitrogens is 1.